The maximum absolute atomic E-state index is 2.57. The Morgan fingerprint density at radius 3 is 2.02 bits per heavy atom. The molecule has 1 heterocycles. The Kier molecular flexibility index (Phi) is 4.09. The Morgan fingerprint density at radius 2 is 1.15 bits per heavy atom. The summed E-state index contributed by atoms with van der Waals surface area (Å²) in [5.74, 6) is 0. The van der Waals surface area contributed by atoms with Crippen LogP contribution in [0.5, 0.6) is 0 Å². The summed E-state index contributed by atoms with van der Waals surface area (Å²) in [4.78, 5) is 0. The van der Waals surface area contributed by atoms with E-state index in [2.05, 4.69) is 132 Å². The van der Waals surface area contributed by atoms with Gasteiger partial charge in [0.2, 0.25) is 0 Å². The first-order valence-electron chi connectivity index (χ1n) is 14.5. The number of nitrogens with zero attached hydrogens (tertiary/aromatic N) is 1. The van der Waals surface area contributed by atoms with Crippen molar-refractivity contribution in [1.29, 1.82) is 0 Å². The fraction of sp³-hybridized carbons (Fsp3) is 0.0500. The van der Waals surface area contributed by atoms with Crippen LogP contribution in [0.1, 0.15) is 22.3 Å². The molecule has 0 bridgehead atoms. The Hall–Kier alpha value is -5.14. The minimum absolute atomic E-state index is 0.959. The van der Waals surface area contributed by atoms with E-state index >= 15 is 0 Å². The van der Waals surface area contributed by atoms with Gasteiger partial charge in [-0.15, -0.1) is 0 Å². The number of para-hydroxylation sites is 1. The number of fused-ring (bicyclic) bond motifs is 12. The molecule has 8 aromatic rings. The molecule has 41 heavy (non-hydrogen) atoms. The van der Waals surface area contributed by atoms with Gasteiger partial charge in [-0.2, -0.15) is 0 Å². The summed E-state index contributed by atoms with van der Waals surface area (Å²) in [6.07, 6.45) is 1.92. The summed E-state index contributed by atoms with van der Waals surface area (Å²) in [7, 11) is 0. The van der Waals surface area contributed by atoms with Crippen LogP contribution in [-0.4, -0.2) is 4.57 Å². The third-order valence-corrected chi connectivity index (χ3v) is 9.57. The molecule has 0 aliphatic heterocycles. The van der Waals surface area contributed by atoms with Crippen molar-refractivity contribution in [1.82, 2.24) is 4.57 Å². The van der Waals surface area contributed by atoms with Gasteiger partial charge >= 0.3 is 0 Å². The molecule has 0 saturated heterocycles. The van der Waals surface area contributed by atoms with Gasteiger partial charge in [0.05, 0.1) is 11.0 Å². The van der Waals surface area contributed by atoms with Gasteiger partial charge < -0.3 is 4.57 Å². The first-order valence-corrected chi connectivity index (χ1v) is 14.5. The Morgan fingerprint density at radius 1 is 0.463 bits per heavy atom. The second kappa shape index (κ2) is 7.74. The van der Waals surface area contributed by atoms with E-state index in [4.69, 9.17) is 0 Å². The fourth-order valence-corrected chi connectivity index (χ4v) is 7.99. The summed E-state index contributed by atoms with van der Waals surface area (Å²) in [5, 5.41) is 8.11. The van der Waals surface area contributed by atoms with Crippen LogP contribution < -0.4 is 0 Å². The van der Waals surface area contributed by atoms with E-state index in [1.54, 1.807) is 0 Å². The van der Waals surface area contributed by atoms with Crippen molar-refractivity contribution in [3.05, 3.63) is 150 Å². The van der Waals surface area contributed by atoms with E-state index in [9.17, 15) is 0 Å². The van der Waals surface area contributed by atoms with Gasteiger partial charge in [0.1, 0.15) is 0 Å². The molecule has 0 amide bonds. The highest BCUT2D eigenvalue weighted by atomic mass is 15.0. The second-order valence-electron chi connectivity index (χ2n) is 11.7. The van der Waals surface area contributed by atoms with E-state index in [1.807, 2.05) is 0 Å². The standard InChI is InChI=1S/C40H25N/c1-3-13-29-24(10-1)20-27-22-28(21-26-12-9-18-31(29)37(26)27)41-36-19-8-7-17-34(36)39-33-16-6-5-15-32(33)38-30-14-4-2-11-25(30)23-35(38)40(39)41/h1-19,21-22H,20,23H2. The van der Waals surface area contributed by atoms with Crippen LogP contribution in [0, 0.1) is 0 Å². The molecule has 10 rings (SSSR count). The van der Waals surface area contributed by atoms with Crippen LogP contribution in [0.25, 0.3) is 71.3 Å². The van der Waals surface area contributed by atoms with Gasteiger partial charge in [0, 0.05) is 22.9 Å². The third kappa shape index (κ3) is 2.76. The highest BCUT2D eigenvalue weighted by molar-refractivity contribution is 6.26. The minimum atomic E-state index is 0.959. The van der Waals surface area contributed by atoms with Crippen LogP contribution in [-0.2, 0) is 12.8 Å². The zero-order valence-electron chi connectivity index (χ0n) is 22.5. The van der Waals surface area contributed by atoms with Crippen LogP contribution in [0.4, 0.5) is 0 Å². The Labute approximate surface area is 237 Å². The third-order valence-electron chi connectivity index (χ3n) is 9.57. The molecule has 0 atom stereocenters. The molecule has 2 aliphatic rings. The molecule has 7 aromatic carbocycles. The van der Waals surface area contributed by atoms with E-state index in [0.717, 1.165) is 12.8 Å². The van der Waals surface area contributed by atoms with Gasteiger partial charge in [-0.3, -0.25) is 0 Å². The van der Waals surface area contributed by atoms with Crippen LogP contribution in [0.3, 0.4) is 0 Å². The highest BCUT2D eigenvalue weighted by Gasteiger charge is 2.28. The van der Waals surface area contributed by atoms with E-state index in [0.29, 0.717) is 0 Å². The SMILES string of the molecule is c1ccc2c(c1)Cc1c-2c2ccccc2c2c3ccccc3n(-c3cc4c5c(cccc5c3)-c3ccccc3C4)c12. The normalized spacial score (nSPS) is 13.2. The molecular weight excluding hydrogens is 494 g/mol. The molecule has 190 valence electrons. The molecule has 0 unspecified atom stereocenters. The summed E-state index contributed by atoms with van der Waals surface area (Å²) in [6, 6.07) is 47.6. The minimum Gasteiger partial charge on any atom is -0.309 e. The molecule has 0 radical (unpaired) electrons. The molecule has 2 aliphatic carbocycles. The second-order valence-corrected chi connectivity index (χ2v) is 11.7. The molecule has 0 spiro atoms. The summed E-state index contributed by atoms with van der Waals surface area (Å²) < 4.78 is 2.57. The predicted octanol–water partition coefficient (Wildman–Crippen LogP) is 10.2. The van der Waals surface area contributed by atoms with Gasteiger partial charge in [0.25, 0.3) is 0 Å². The van der Waals surface area contributed by atoms with Crippen molar-refractivity contribution in [3.8, 4) is 27.9 Å². The largest absolute Gasteiger partial charge is 0.309 e. The van der Waals surface area contributed by atoms with Crippen LogP contribution in [0.15, 0.2) is 127 Å². The zero-order chi connectivity index (χ0) is 26.7. The van der Waals surface area contributed by atoms with Crippen molar-refractivity contribution in [2.24, 2.45) is 0 Å². The van der Waals surface area contributed by atoms with Crippen molar-refractivity contribution in [3.63, 3.8) is 0 Å². The zero-order valence-corrected chi connectivity index (χ0v) is 22.5. The van der Waals surface area contributed by atoms with Gasteiger partial charge in [-0.1, -0.05) is 109 Å². The lowest BCUT2D eigenvalue weighted by Crippen LogP contribution is -2.04. The van der Waals surface area contributed by atoms with E-state index < -0.39 is 0 Å². The van der Waals surface area contributed by atoms with Crippen molar-refractivity contribution >= 4 is 43.4 Å². The number of aromatic nitrogens is 1. The maximum Gasteiger partial charge on any atom is 0.0589 e. The maximum atomic E-state index is 2.57. The molecule has 1 aromatic heterocycles. The molecule has 1 nitrogen and oxygen atoms in total. The topological polar surface area (TPSA) is 4.93 Å². The van der Waals surface area contributed by atoms with Crippen LogP contribution in [0.2, 0.25) is 0 Å². The number of hydrogen-bond acceptors (Lipinski definition) is 0. The van der Waals surface area contributed by atoms with Crippen molar-refractivity contribution in [2.45, 2.75) is 12.8 Å². The number of hydrogen-bond donors (Lipinski definition) is 0. The van der Waals surface area contributed by atoms with E-state index in [1.165, 1.54) is 93.5 Å². The molecular formula is C40H25N. The van der Waals surface area contributed by atoms with Gasteiger partial charge in [0.15, 0.2) is 0 Å². The summed E-state index contributed by atoms with van der Waals surface area (Å²) >= 11 is 0. The fourth-order valence-electron chi connectivity index (χ4n) is 7.99. The smallest absolute Gasteiger partial charge is 0.0589 e. The van der Waals surface area contributed by atoms with Gasteiger partial charge in [-0.25, -0.2) is 0 Å². The summed E-state index contributed by atoms with van der Waals surface area (Å²) in [6.45, 7) is 0. The van der Waals surface area contributed by atoms with Crippen LogP contribution >= 0.6 is 0 Å². The molecule has 1 heteroatoms. The first kappa shape index (κ1) is 21.7. The highest BCUT2D eigenvalue weighted by Crippen LogP contribution is 2.50. The average molecular weight is 520 g/mol. The Balaban J connectivity index is 1.38. The monoisotopic (exact) mass is 519 g/mol. The molecule has 0 saturated carbocycles. The van der Waals surface area contributed by atoms with Gasteiger partial charge in [-0.05, 0) is 90.7 Å². The lowest BCUT2D eigenvalue weighted by Gasteiger charge is -2.22. The first-order chi connectivity index (χ1) is 20.3. The number of benzene rings is 7. The number of rotatable bonds is 1. The average Bonchev–Trinajstić information content (AvgIpc) is 3.58. The Bertz CT molecular complexity index is 2420. The summed E-state index contributed by atoms with van der Waals surface area (Å²) in [5.41, 5.74) is 15.1. The quantitative estimate of drug-likeness (QED) is 0.203. The van der Waals surface area contributed by atoms with Crippen molar-refractivity contribution < 1.29 is 0 Å². The molecule has 0 fully saturated rings. The lowest BCUT2D eigenvalue weighted by molar-refractivity contribution is 1.13. The lowest BCUT2D eigenvalue weighted by atomic mass is 9.83. The predicted molar refractivity (Wildman–Crippen MR) is 172 cm³/mol. The molecule has 0 N–H and O–H groups in total. The van der Waals surface area contributed by atoms with Crippen molar-refractivity contribution in [2.75, 3.05) is 0 Å². The van der Waals surface area contributed by atoms with E-state index in [-0.39, 0.29) is 0 Å².